The number of hydrogen-bond donors (Lipinski definition) is 2. The van der Waals surface area contributed by atoms with Gasteiger partial charge in [-0.15, -0.1) is 0 Å². The number of nitrogens with zero attached hydrogens (tertiary/aromatic N) is 2. The normalized spacial score (nSPS) is 12.8. The highest BCUT2D eigenvalue weighted by Gasteiger charge is 2.29. The SMILES string of the molecule is CCc1cccc2c(/C=N/NC(=O)c3ccc(CN4C(=O)c5cccc6cccc4c56)cc3)c[nH]c12. The predicted octanol–water partition coefficient (Wildman–Crippen LogP) is 5.81. The summed E-state index contributed by atoms with van der Waals surface area (Å²) < 4.78 is 0. The topological polar surface area (TPSA) is 77.6 Å². The van der Waals surface area contributed by atoms with Crippen molar-refractivity contribution in [3.8, 4) is 0 Å². The van der Waals surface area contributed by atoms with Gasteiger partial charge in [0.2, 0.25) is 0 Å². The van der Waals surface area contributed by atoms with Crippen molar-refractivity contribution < 1.29 is 9.59 Å². The highest BCUT2D eigenvalue weighted by Crippen LogP contribution is 2.38. The molecule has 0 saturated heterocycles. The number of amides is 2. The molecule has 0 fully saturated rings. The number of rotatable bonds is 6. The van der Waals surface area contributed by atoms with E-state index in [0.717, 1.165) is 50.5 Å². The summed E-state index contributed by atoms with van der Waals surface area (Å²) in [5.41, 5.74) is 8.97. The van der Waals surface area contributed by atoms with Crippen LogP contribution in [0.15, 0.2) is 90.2 Å². The third-order valence-corrected chi connectivity index (χ3v) is 6.79. The van der Waals surface area contributed by atoms with Gasteiger partial charge in [0.15, 0.2) is 0 Å². The van der Waals surface area contributed by atoms with Crippen LogP contribution < -0.4 is 10.3 Å². The summed E-state index contributed by atoms with van der Waals surface area (Å²) in [4.78, 5) is 30.7. The molecule has 2 amide bonds. The number of benzene rings is 4. The van der Waals surface area contributed by atoms with Gasteiger partial charge in [-0.3, -0.25) is 9.59 Å². The van der Waals surface area contributed by atoms with E-state index in [9.17, 15) is 9.59 Å². The van der Waals surface area contributed by atoms with Crippen molar-refractivity contribution in [3.05, 3.63) is 113 Å². The summed E-state index contributed by atoms with van der Waals surface area (Å²) in [6.07, 6.45) is 4.49. The molecule has 1 aliphatic heterocycles. The molecule has 0 aliphatic carbocycles. The van der Waals surface area contributed by atoms with Crippen molar-refractivity contribution in [2.24, 2.45) is 5.10 Å². The van der Waals surface area contributed by atoms with Crippen molar-refractivity contribution in [1.29, 1.82) is 0 Å². The van der Waals surface area contributed by atoms with E-state index in [1.165, 1.54) is 5.56 Å². The third kappa shape index (κ3) is 3.64. The molecule has 6 nitrogen and oxygen atoms in total. The highest BCUT2D eigenvalue weighted by molar-refractivity contribution is 6.24. The maximum absolute atomic E-state index is 13.0. The van der Waals surface area contributed by atoms with E-state index in [1.807, 2.05) is 66.9 Å². The number of fused-ring (bicyclic) bond motifs is 1. The molecule has 2 heterocycles. The average Bonchev–Trinajstić information content (AvgIpc) is 3.45. The van der Waals surface area contributed by atoms with E-state index in [2.05, 4.69) is 28.5 Å². The molecule has 0 bridgehead atoms. The molecule has 176 valence electrons. The zero-order valence-corrected chi connectivity index (χ0v) is 19.8. The minimum absolute atomic E-state index is 0.00120. The lowest BCUT2D eigenvalue weighted by atomic mass is 10.1. The van der Waals surface area contributed by atoms with Crippen molar-refractivity contribution in [1.82, 2.24) is 10.4 Å². The van der Waals surface area contributed by atoms with Gasteiger partial charge < -0.3 is 9.88 Å². The molecule has 0 unspecified atom stereocenters. The molecule has 1 aromatic heterocycles. The van der Waals surface area contributed by atoms with Crippen LogP contribution >= 0.6 is 0 Å². The second-order valence-corrected chi connectivity index (χ2v) is 8.91. The smallest absolute Gasteiger partial charge is 0.271 e. The number of H-pyrrole nitrogens is 1. The molecule has 0 spiro atoms. The average molecular weight is 473 g/mol. The summed E-state index contributed by atoms with van der Waals surface area (Å²) >= 11 is 0. The van der Waals surface area contributed by atoms with Crippen LogP contribution in [0, 0.1) is 0 Å². The van der Waals surface area contributed by atoms with Gasteiger partial charge in [0, 0.05) is 39.2 Å². The third-order valence-electron chi connectivity index (χ3n) is 6.79. The molecule has 0 atom stereocenters. The highest BCUT2D eigenvalue weighted by atomic mass is 16.2. The van der Waals surface area contributed by atoms with Crippen molar-refractivity contribution >= 4 is 45.4 Å². The van der Waals surface area contributed by atoms with Crippen LogP contribution in [0.4, 0.5) is 5.69 Å². The lowest BCUT2D eigenvalue weighted by molar-refractivity contribution is 0.0953. The zero-order valence-electron chi connectivity index (χ0n) is 19.8. The molecular formula is C30H24N4O2. The van der Waals surface area contributed by atoms with Gasteiger partial charge in [-0.2, -0.15) is 5.10 Å². The number of hydrogen-bond acceptors (Lipinski definition) is 3. The molecule has 36 heavy (non-hydrogen) atoms. The Bertz CT molecular complexity index is 1660. The molecule has 0 saturated carbocycles. The summed E-state index contributed by atoms with van der Waals surface area (Å²) in [5, 5.41) is 7.30. The lowest BCUT2D eigenvalue weighted by Crippen LogP contribution is -2.26. The summed E-state index contributed by atoms with van der Waals surface area (Å²) in [5.74, 6) is -0.289. The number of anilines is 1. The van der Waals surface area contributed by atoms with Crippen LogP contribution in [0.3, 0.4) is 0 Å². The molecule has 2 N–H and O–H groups in total. The van der Waals surface area contributed by atoms with Gasteiger partial charge in [0.05, 0.1) is 18.4 Å². The number of aryl methyl sites for hydroxylation is 1. The maximum Gasteiger partial charge on any atom is 0.271 e. The van der Waals surface area contributed by atoms with Gasteiger partial charge in [-0.1, -0.05) is 61.5 Å². The Morgan fingerprint density at radius 3 is 2.58 bits per heavy atom. The Hall–Kier alpha value is -4.71. The maximum atomic E-state index is 13.0. The number of carbonyl (C=O) groups excluding carboxylic acids is 2. The summed E-state index contributed by atoms with van der Waals surface area (Å²) in [7, 11) is 0. The van der Waals surface area contributed by atoms with Crippen LogP contribution in [-0.4, -0.2) is 23.0 Å². The summed E-state index contributed by atoms with van der Waals surface area (Å²) in [6.45, 7) is 2.56. The first-order valence-corrected chi connectivity index (χ1v) is 12.0. The second kappa shape index (κ2) is 8.82. The number of carbonyl (C=O) groups is 2. The van der Waals surface area contributed by atoms with Gasteiger partial charge in [0.1, 0.15) is 0 Å². The van der Waals surface area contributed by atoms with Crippen molar-refractivity contribution in [3.63, 3.8) is 0 Å². The standard InChI is InChI=1S/C30H24N4O2/c1-2-20-6-3-9-24-23(16-31-28(20)24)17-32-33-29(35)22-14-12-19(13-15-22)18-34-26-11-5-8-21-7-4-10-25(27(21)26)30(34)36/h3-17,31H,2,18H2,1H3,(H,33,35)/b32-17+. The molecular weight excluding hydrogens is 448 g/mol. The molecule has 0 radical (unpaired) electrons. The largest absolute Gasteiger partial charge is 0.360 e. The van der Waals surface area contributed by atoms with E-state index in [4.69, 9.17) is 0 Å². The first-order chi connectivity index (χ1) is 17.6. The van der Waals surface area contributed by atoms with Gasteiger partial charge in [-0.25, -0.2) is 5.43 Å². The Morgan fingerprint density at radius 1 is 1.00 bits per heavy atom. The van der Waals surface area contributed by atoms with Crippen LogP contribution in [0.5, 0.6) is 0 Å². The molecule has 5 aromatic rings. The fraction of sp³-hybridized carbons (Fsp3) is 0.100. The Labute approximate surface area is 208 Å². The number of nitrogens with one attached hydrogen (secondary N) is 2. The second-order valence-electron chi connectivity index (χ2n) is 8.91. The van der Waals surface area contributed by atoms with E-state index < -0.39 is 0 Å². The van der Waals surface area contributed by atoms with Crippen molar-refractivity contribution in [2.45, 2.75) is 19.9 Å². The first kappa shape index (κ1) is 21.8. The first-order valence-electron chi connectivity index (χ1n) is 12.0. The predicted molar refractivity (Wildman–Crippen MR) is 144 cm³/mol. The number of para-hydroxylation sites is 1. The minimum atomic E-state index is -0.290. The Kier molecular flexibility index (Phi) is 5.34. The van der Waals surface area contributed by atoms with Gasteiger partial charge >= 0.3 is 0 Å². The van der Waals surface area contributed by atoms with E-state index >= 15 is 0 Å². The van der Waals surface area contributed by atoms with Crippen LogP contribution in [0.1, 0.15) is 44.3 Å². The Morgan fingerprint density at radius 2 is 1.78 bits per heavy atom. The van der Waals surface area contributed by atoms with E-state index in [1.54, 1.807) is 23.2 Å². The monoisotopic (exact) mass is 472 g/mol. The number of aromatic amines is 1. The number of hydrazone groups is 1. The fourth-order valence-corrected chi connectivity index (χ4v) is 4.95. The van der Waals surface area contributed by atoms with Crippen molar-refractivity contribution in [2.75, 3.05) is 4.90 Å². The minimum Gasteiger partial charge on any atom is -0.360 e. The zero-order chi connectivity index (χ0) is 24.6. The van der Waals surface area contributed by atoms with E-state index in [0.29, 0.717) is 12.1 Å². The van der Waals surface area contributed by atoms with Gasteiger partial charge in [0.25, 0.3) is 11.8 Å². The fourth-order valence-electron chi connectivity index (χ4n) is 4.95. The molecule has 6 heteroatoms. The lowest BCUT2D eigenvalue weighted by Gasteiger charge is -2.18. The van der Waals surface area contributed by atoms with Crippen LogP contribution in [-0.2, 0) is 13.0 Å². The van der Waals surface area contributed by atoms with Crippen LogP contribution in [0.25, 0.3) is 21.7 Å². The van der Waals surface area contributed by atoms with E-state index in [-0.39, 0.29) is 11.8 Å². The number of aromatic nitrogens is 1. The quantitative estimate of drug-likeness (QED) is 0.242. The molecule has 6 rings (SSSR count). The molecule has 4 aromatic carbocycles. The van der Waals surface area contributed by atoms with Crippen LogP contribution in [0.2, 0.25) is 0 Å². The van der Waals surface area contributed by atoms with Gasteiger partial charge in [-0.05, 0) is 47.2 Å². The Balaban J connectivity index is 1.14. The molecule has 1 aliphatic rings. The summed E-state index contributed by atoms with van der Waals surface area (Å²) in [6, 6.07) is 25.2.